The number of ether oxygens (including phenoxy) is 1. The number of likely N-dealkylation sites (tertiary alicyclic amines) is 1. The number of nitrogens with zero attached hydrogens (tertiary/aromatic N) is 2. The van der Waals surface area contributed by atoms with Crippen molar-refractivity contribution in [2.75, 3.05) is 36.5 Å². The highest BCUT2D eigenvalue weighted by molar-refractivity contribution is 5.92. The van der Waals surface area contributed by atoms with Crippen molar-refractivity contribution in [1.29, 1.82) is 0 Å². The molecule has 0 aliphatic carbocycles. The SMILES string of the molecule is Cc1cc(NC(=O)COc2ccccc2)ccc1N1CCC(N2CCCC2C)C1. The zero-order valence-corrected chi connectivity index (χ0v) is 17.4. The third-order valence-electron chi connectivity index (χ3n) is 6.17. The van der Waals surface area contributed by atoms with Gasteiger partial charge in [0, 0.05) is 36.5 Å². The molecular formula is C24H31N3O2. The first kappa shape index (κ1) is 19.8. The Hall–Kier alpha value is -2.53. The van der Waals surface area contributed by atoms with Gasteiger partial charge in [0.25, 0.3) is 5.91 Å². The molecule has 1 amide bonds. The molecule has 0 aromatic heterocycles. The molecule has 2 heterocycles. The molecule has 2 aliphatic heterocycles. The predicted octanol–water partition coefficient (Wildman–Crippen LogP) is 4.08. The van der Waals surface area contributed by atoms with E-state index in [1.165, 1.54) is 37.1 Å². The Balaban J connectivity index is 1.32. The Bertz CT molecular complexity index is 839. The number of hydrogen-bond acceptors (Lipinski definition) is 4. The Morgan fingerprint density at radius 1 is 1.14 bits per heavy atom. The number of aryl methyl sites for hydroxylation is 1. The number of nitrogens with one attached hydrogen (secondary N) is 1. The number of rotatable bonds is 6. The fourth-order valence-corrected chi connectivity index (χ4v) is 4.68. The monoisotopic (exact) mass is 393 g/mol. The van der Waals surface area contributed by atoms with Gasteiger partial charge in [0.2, 0.25) is 0 Å². The molecule has 2 unspecified atom stereocenters. The Kier molecular flexibility index (Phi) is 6.05. The first-order valence-corrected chi connectivity index (χ1v) is 10.7. The normalized spacial score (nSPS) is 22.1. The van der Waals surface area contributed by atoms with Gasteiger partial charge in [-0.3, -0.25) is 9.69 Å². The van der Waals surface area contributed by atoms with E-state index in [0.29, 0.717) is 11.8 Å². The van der Waals surface area contributed by atoms with Crippen molar-refractivity contribution in [3.8, 4) is 5.75 Å². The summed E-state index contributed by atoms with van der Waals surface area (Å²) in [6, 6.07) is 17.0. The van der Waals surface area contributed by atoms with Crippen molar-refractivity contribution < 1.29 is 9.53 Å². The summed E-state index contributed by atoms with van der Waals surface area (Å²) in [5, 5.41) is 2.94. The van der Waals surface area contributed by atoms with Crippen molar-refractivity contribution in [3.05, 3.63) is 54.1 Å². The molecule has 0 saturated carbocycles. The highest BCUT2D eigenvalue weighted by Crippen LogP contribution is 2.31. The smallest absolute Gasteiger partial charge is 0.262 e. The summed E-state index contributed by atoms with van der Waals surface area (Å²) in [6.45, 7) is 7.94. The molecule has 5 heteroatoms. The van der Waals surface area contributed by atoms with E-state index in [0.717, 1.165) is 24.8 Å². The van der Waals surface area contributed by atoms with Crippen LogP contribution in [-0.4, -0.2) is 49.1 Å². The van der Waals surface area contributed by atoms with Crippen LogP contribution in [0.3, 0.4) is 0 Å². The van der Waals surface area contributed by atoms with Gasteiger partial charge in [-0.2, -0.15) is 0 Å². The van der Waals surface area contributed by atoms with Gasteiger partial charge >= 0.3 is 0 Å². The first-order valence-electron chi connectivity index (χ1n) is 10.7. The third-order valence-corrected chi connectivity index (χ3v) is 6.17. The highest BCUT2D eigenvalue weighted by atomic mass is 16.5. The van der Waals surface area contributed by atoms with Crippen LogP contribution in [0.25, 0.3) is 0 Å². The quantitative estimate of drug-likeness (QED) is 0.803. The van der Waals surface area contributed by atoms with Crippen molar-refractivity contribution in [2.24, 2.45) is 0 Å². The lowest BCUT2D eigenvalue weighted by molar-refractivity contribution is -0.118. The van der Waals surface area contributed by atoms with Gasteiger partial charge in [0.15, 0.2) is 6.61 Å². The van der Waals surface area contributed by atoms with E-state index in [2.05, 4.69) is 41.1 Å². The molecule has 29 heavy (non-hydrogen) atoms. The minimum absolute atomic E-state index is 0.00658. The number of amides is 1. The fourth-order valence-electron chi connectivity index (χ4n) is 4.68. The molecule has 154 valence electrons. The molecule has 2 atom stereocenters. The van der Waals surface area contributed by atoms with Crippen LogP contribution in [0, 0.1) is 6.92 Å². The molecule has 5 nitrogen and oxygen atoms in total. The van der Waals surface area contributed by atoms with Crippen LogP contribution in [0.4, 0.5) is 11.4 Å². The van der Waals surface area contributed by atoms with Gasteiger partial charge < -0.3 is 15.0 Å². The number of anilines is 2. The van der Waals surface area contributed by atoms with E-state index in [4.69, 9.17) is 4.74 Å². The van der Waals surface area contributed by atoms with Gasteiger partial charge in [0.05, 0.1) is 0 Å². The van der Waals surface area contributed by atoms with Crippen LogP contribution in [0.5, 0.6) is 5.75 Å². The number of carbonyl (C=O) groups excluding carboxylic acids is 1. The molecule has 2 aliphatic rings. The number of benzene rings is 2. The summed E-state index contributed by atoms with van der Waals surface area (Å²) in [4.78, 5) is 17.4. The van der Waals surface area contributed by atoms with Crippen LogP contribution in [0.2, 0.25) is 0 Å². The average molecular weight is 394 g/mol. The molecule has 0 bridgehead atoms. The van der Waals surface area contributed by atoms with E-state index in [9.17, 15) is 4.79 Å². The van der Waals surface area contributed by atoms with Gasteiger partial charge in [-0.25, -0.2) is 0 Å². The molecule has 2 saturated heterocycles. The Morgan fingerprint density at radius 2 is 1.97 bits per heavy atom. The highest BCUT2D eigenvalue weighted by Gasteiger charge is 2.33. The second-order valence-electron chi connectivity index (χ2n) is 8.27. The van der Waals surface area contributed by atoms with Gasteiger partial charge in [-0.1, -0.05) is 18.2 Å². The fraction of sp³-hybridized carbons (Fsp3) is 0.458. The lowest BCUT2D eigenvalue weighted by Crippen LogP contribution is -2.39. The minimum atomic E-state index is -0.148. The maximum atomic E-state index is 12.2. The summed E-state index contributed by atoms with van der Waals surface area (Å²) in [6.07, 6.45) is 3.90. The van der Waals surface area contributed by atoms with E-state index in [1.54, 1.807) is 0 Å². The number of carbonyl (C=O) groups is 1. The third kappa shape index (κ3) is 4.73. The molecule has 0 spiro atoms. The maximum Gasteiger partial charge on any atom is 0.262 e. The van der Waals surface area contributed by atoms with Gasteiger partial charge in [0.1, 0.15) is 5.75 Å². The molecule has 2 aromatic rings. The second kappa shape index (κ2) is 8.87. The van der Waals surface area contributed by atoms with Crippen LogP contribution in [-0.2, 0) is 4.79 Å². The van der Waals surface area contributed by atoms with E-state index >= 15 is 0 Å². The maximum absolute atomic E-state index is 12.2. The molecule has 0 radical (unpaired) electrons. The number of hydrogen-bond donors (Lipinski definition) is 1. The van der Waals surface area contributed by atoms with Crippen LogP contribution in [0.15, 0.2) is 48.5 Å². The summed E-state index contributed by atoms with van der Waals surface area (Å²) in [5.41, 5.74) is 3.29. The largest absolute Gasteiger partial charge is 0.484 e. The van der Waals surface area contributed by atoms with Crippen LogP contribution in [0.1, 0.15) is 31.7 Å². The second-order valence-corrected chi connectivity index (χ2v) is 8.27. The summed E-state index contributed by atoms with van der Waals surface area (Å²) in [7, 11) is 0. The van der Waals surface area contributed by atoms with Crippen LogP contribution >= 0.6 is 0 Å². The summed E-state index contributed by atoms with van der Waals surface area (Å²) in [5.74, 6) is 0.551. The average Bonchev–Trinajstić information content (AvgIpc) is 3.36. The Labute approximate surface area is 173 Å². The van der Waals surface area contributed by atoms with Crippen molar-refractivity contribution in [3.63, 3.8) is 0 Å². The lowest BCUT2D eigenvalue weighted by Gasteiger charge is -2.29. The molecule has 1 N–H and O–H groups in total. The standard InChI is InChI=1S/C24H31N3O2/c1-18-15-20(25-24(28)17-29-22-8-4-3-5-9-22)10-11-23(18)26-14-12-21(16-26)27-13-6-7-19(27)2/h3-5,8-11,15,19,21H,6-7,12-14,16-17H2,1-2H3,(H,25,28). The molecular weight excluding hydrogens is 362 g/mol. The zero-order chi connectivity index (χ0) is 20.2. The van der Waals surface area contributed by atoms with Crippen LogP contribution < -0.4 is 15.0 Å². The van der Waals surface area contributed by atoms with Crippen molar-refractivity contribution >= 4 is 17.3 Å². The van der Waals surface area contributed by atoms with E-state index in [1.807, 2.05) is 36.4 Å². The lowest BCUT2D eigenvalue weighted by atomic mass is 10.1. The van der Waals surface area contributed by atoms with E-state index < -0.39 is 0 Å². The molecule has 2 aromatic carbocycles. The topological polar surface area (TPSA) is 44.8 Å². The van der Waals surface area contributed by atoms with Gasteiger partial charge in [-0.15, -0.1) is 0 Å². The van der Waals surface area contributed by atoms with Crippen molar-refractivity contribution in [1.82, 2.24) is 4.90 Å². The zero-order valence-electron chi connectivity index (χ0n) is 17.4. The number of para-hydroxylation sites is 1. The molecule has 4 rings (SSSR count). The predicted molar refractivity (Wildman–Crippen MR) is 118 cm³/mol. The molecule has 2 fully saturated rings. The minimum Gasteiger partial charge on any atom is -0.484 e. The van der Waals surface area contributed by atoms with Gasteiger partial charge in [-0.05, 0) is 75.5 Å². The summed E-state index contributed by atoms with van der Waals surface area (Å²) >= 11 is 0. The Morgan fingerprint density at radius 3 is 2.69 bits per heavy atom. The summed E-state index contributed by atoms with van der Waals surface area (Å²) < 4.78 is 5.52. The van der Waals surface area contributed by atoms with E-state index in [-0.39, 0.29) is 12.5 Å². The first-order chi connectivity index (χ1) is 14.1. The van der Waals surface area contributed by atoms with Crippen molar-refractivity contribution in [2.45, 2.75) is 45.2 Å².